The van der Waals surface area contributed by atoms with Crippen LogP contribution in [0.1, 0.15) is 57.8 Å². The standard InChI is InChI=1S/C23H34ClN3O5/c1-15(2)31-19-9-8-17(24)13-18(19)21(29)27-12-6-7-16(14-27)20(28)25-10-11-26-22(30)32-23(3,4)5/h8-9,13,15-16H,6-7,10-12,14H2,1-5H3,(H,25,28)(H,26,30). The van der Waals surface area contributed by atoms with Crippen LogP contribution >= 0.6 is 11.6 Å². The molecule has 1 atom stereocenters. The van der Waals surface area contributed by atoms with Crippen molar-refractivity contribution in [2.75, 3.05) is 26.2 Å². The number of ether oxygens (including phenoxy) is 2. The Balaban J connectivity index is 1.90. The van der Waals surface area contributed by atoms with Gasteiger partial charge in [-0.1, -0.05) is 11.6 Å². The number of nitrogens with zero attached hydrogens (tertiary/aromatic N) is 1. The lowest BCUT2D eigenvalue weighted by atomic mass is 9.96. The SMILES string of the molecule is CC(C)Oc1ccc(Cl)cc1C(=O)N1CCCC(C(=O)NCCNC(=O)OC(C)(C)C)C1. The molecule has 8 nitrogen and oxygen atoms in total. The first kappa shape index (κ1) is 25.8. The second kappa shape index (κ2) is 11.4. The van der Waals surface area contributed by atoms with Crippen molar-refractivity contribution in [3.05, 3.63) is 28.8 Å². The van der Waals surface area contributed by atoms with Crippen molar-refractivity contribution in [1.82, 2.24) is 15.5 Å². The van der Waals surface area contributed by atoms with E-state index in [0.717, 1.165) is 6.42 Å². The smallest absolute Gasteiger partial charge is 0.407 e. The topological polar surface area (TPSA) is 97.0 Å². The molecule has 32 heavy (non-hydrogen) atoms. The van der Waals surface area contributed by atoms with Crippen molar-refractivity contribution in [2.45, 2.75) is 59.2 Å². The van der Waals surface area contributed by atoms with Gasteiger partial charge in [0.05, 0.1) is 17.6 Å². The first-order chi connectivity index (χ1) is 15.0. The van der Waals surface area contributed by atoms with Gasteiger partial charge in [-0.25, -0.2) is 4.79 Å². The van der Waals surface area contributed by atoms with Crippen molar-refractivity contribution in [1.29, 1.82) is 0 Å². The van der Waals surface area contributed by atoms with Gasteiger partial charge in [-0.05, 0) is 65.7 Å². The third-order valence-electron chi connectivity index (χ3n) is 4.71. The van der Waals surface area contributed by atoms with Crippen LogP contribution in [0.2, 0.25) is 5.02 Å². The van der Waals surface area contributed by atoms with Gasteiger partial charge < -0.3 is 25.0 Å². The predicted molar refractivity (Wildman–Crippen MR) is 123 cm³/mol. The largest absolute Gasteiger partial charge is 0.490 e. The van der Waals surface area contributed by atoms with Crippen LogP contribution in [0.3, 0.4) is 0 Å². The fourth-order valence-corrected chi connectivity index (χ4v) is 3.55. The molecule has 0 saturated carbocycles. The highest BCUT2D eigenvalue weighted by Gasteiger charge is 2.30. The fourth-order valence-electron chi connectivity index (χ4n) is 3.38. The Hall–Kier alpha value is -2.48. The molecular formula is C23H34ClN3O5. The maximum atomic E-state index is 13.2. The quantitative estimate of drug-likeness (QED) is 0.597. The van der Waals surface area contributed by atoms with Gasteiger partial charge in [-0.2, -0.15) is 0 Å². The van der Waals surface area contributed by atoms with E-state index in [-0.39, 0.29) is 36.9 Å². The van der Waals surface area contributed by atoms with E-state index in [1.165, 1.54) is 0 Å². The van der Waals surface area contributed by atoms with Gasteiger partial charge in [0.1, 0.15) is 11.4 Å². The second-order valence-electron chi connectivity index (χ2n) is 9.12. The minimum Gasteiger partial charge on any atom is -0.490 e. The Kier molecular flexibility index (Phi) is 9.19. The molecule has 1 fully saturated rings. The lowest BCUT2D eigenvalue weighted by Gasteiger charge is -2.32. The number of benzene rings is 1. The molecule has 9 heteroatoms. The second-order valence-corrected chi connectivity index (χ2v) is 9.55. The van der Waals surface area contributed by atoms with Gasteiger partial charge in [0, 0.05) is 31.2 Å². The van der Waals surface area contributed by atoms with Crippen LogP contribution in [-0.4, -0.2) is 60.7 Å². The maximum absolute atomic E-state index is 13.2. The molecule has 2 N–H and O–H groups in total. The number of hydrogen-bond acceptors (Lipinski definition) is 5. The molecule has 1 aromatic carbocycles. The number of rotatable bonds is 7. The van der Waals surface area contributed by atoms with Gasteiger partial charge in [-0.15, -0.1) is 0 Å². The Labute approximate surface area is 195 Å². The Bertz CT molecular complexity index is 822. The molecule has 2 rings (SSSR count). The summed E-state index contributed by atoms with van der Waals surface area (Å²) in [6.07, 6.45) is 0.806. The third kappa shape index (κ3) is 8.22. The molecule has 1 aliphatic rings. The molecule has 1 heterocycles. The molecular weight excluding hydrogens is 434 g/mol. The van der Waals surface area contributed by atoms with Crippen molar-refractivity contribution in [2.24, 2.45) is 5.92 Å². The molecule has 0 spiro atoms. The number of carbonyl (C=O) groups excluding carboxylic acids is 3. The van der Waals surface area contributed by atoms with Crippen molar-refractivity contribution in [3.63, 3.8) is 0 Å². The van der Waals surface area contributed by atoms with Crippen molar-refractivity contribution >= 4 is 29.5 Å². The van der Waals surface area contributed by atoms with Crippen LogP contribution in [0.25, 0.3) is 0 Å². The number of halogens is 1. The van der Waals surface area contributed by atoms with Gasteiger partial charge in [0.15, 0.2) is 0 Å². The summed E-state index contributed by atoms with van der Waals surface area (Å²) < 4.78 is 10.9. The summed E-state index contributed by atoms with van der Waals surface area (Å²) in [5.74, 6) is -0.178. The van der Waals surface area contributed by atoms with E-state index in [0.29, 0.717) is 35.8 Å². The highest BCUT2D eigenvalue weighted by Crippen LogP contribution is 2.27. The first-order valence-corrected chi connectivity index (χ1v) is 11.3. The number of likely N-dealkylation sites (tertiary alicyclic amines) is 1. The summed E-state index contributed by atoms with van der Waals surface area (Å²) in [5.41, 5.74) is -0.178. The summed E-state index contributed by atoms with van der Waals surface area (Å²) >= 11 is 6.11. The first-order valence-electron chi connectivity index (χ1n) is 11.0. The number of piperidine rings is 1. The Morgan fingerprint density at radius 2 is 1.88 bits per heavy atom. The van der Waals surface area contributed by atoms with Gasteiger partial charge >= 0.3 is 6.09 Å². The van der Waals surface area contributed by atoms with Gasteiger partial charge in [0.2, 0.25) is 5.91 Å². The van der Waals surface area contributed by atoms with Crippen LogP contribution in [0.15, 0.2) is 18.2 Å². The summed E-state index contributed by atoms with van der Waals surface area (Å²) in [5, 5.41) is 5.88. The molecule has 3 amide bonds. The van der Waals surface area contributed by atoms with Crippen molar-refractivity contribution < 1.29 is 23.9 Å². The highest BCUT2D eigenvalue weighted by molar-refractivity contribution is 6.31. The minimum atomic E-state index is -0.575. The number of alkyl carbamates (subject to hydrolysis) is 1. The summed E-state index contributed by atoms with van der Waals surface area (Å²) in [6.45, 7) is 10.6. The summed E-state index contributed by atoms with van der Waals surface area (Å²) in [6, 6.07) is 4.99. The number of carbonyl (C=O) groups is 3. The average Bonchev–Trinajstić information content (AvgIpc) is 2.70. The van der Waals surface area contributed by atoms with Gasteiger partial charge in [-0.3, -0.25) is 9.59 Å². The van der Waals surface area contributed by atoms with Crippen LogP contribution in [0, 0.1) is 5.92 Å². The zero-order valence-electron chi connectivity index (χ0n) is 19.5. The zero-order chi connectivity index (χ0) is 23.9. The van der Waals surface area contributed by atoms with Crippen LogP contribution < -0.4 is 15.4 Å². The molecule has 0 radical (unpaired) electrons. The zero-order valence-corrected chi connectivity index (χ0v) is 20.3. The predicted octanol–water partition coefficient (Wildman–Crippen LogP) is 3.62. The Morgan fingerprint density at radius 1 is 1.19 bits per heavy atom. The monoisotopic (exact) mass is 467 g/mol. The molecule has 1 saturated heterocycles. The molecule has 1 aliphatic heterocycles. The van der Waals surface area contributed by atoms with E-state index in [4.69, 9.17) is 21.1 Å². The molecule has 1 aromatic rings. The average molecular weight is 468 g/mol. The van der Waals surface area contributed by atoms with E-state index in [1.54, 1.807) is 43.9 Å². The molecule has 0 bridgehead atoms. The van der Waals surface area contributed by atoms with E-state index in [2.05, 4.69) is 10.6 Å². The minimum absolute atomic E-state index is 0.0862. The van der Waals surface area contributed by atoms with E-state index in [9.17, 15) is 14.4 Å². The number of hydrogen-bond donors (Lipinski definition) is 2. The lowest BCUT2D eigenvalue weighted by Crippen LogP contribution is -2.46. The van der Waals surface area contributed by atoms with Gasteiger partial charge in [0.25, 0.3) is 5.91 Å². The van der Waals surface area contributed by atoms with E-state index in [1.807, 2.05) is 13.8 Å². The summed E-state index contributed by atoms with van der Waals surface area (Å²) in [4.78, 5) is 39.1. The number of amides is 3. The molecule has 0 aromatic heterocycles. The molecule has 1 unspecified atom stereocenters. The highest BCUT2D eigenvalue weighted by atomic mass is 35.5. The summed E-state index contributed by atoms with van der Waals surface area (Å²) in [7, 11) is 0. The normalized spacial score (nSPS) is 16.5. The van der Waals surface area contributed by atoms with E-state index >= 15 is 0 Å². The van der Waals surface area contributed by atoms with Crippen LogP contribution in [-0.2, 0) is 9.53 Å². The third-order valence-corrected chi connectivity index (χ3v) is 4.94. The lowest BCUT2D eigenvalue weighted by molar-refractivity contribution is -0.126. The van der Waals surface area contributed by atoms with Crippen LogP contribution in [0.4, 0.5) is 4.79 Å². The number of nitrogens with one attached hydrogen (secondary N) is 2. The van der Waals surface area contributed by atoms with Crippen LogP contribution in [0.5, 0.6) is 5.75 Å². The Morgan fingerprint density at radius 3 is 2.53 bits per heavy atom. The molecule has 178 valence electrons. The van der Waals surface area contributed by atoms with E-state index < -0.39 is 11.7 Å². The fraction of sp³-hybridized carbons (Fsp3) is 0.609. The van der Waals surface area contributed by atoms with Crippen molar-refractivity contribution in [3.8, 4) is 5.75 Å². The molecule has 0 aliphatic carbocycles. The maximum Gasteiger partial charge on any atom is 0.407 e.